The van der Waals surface area contributed by atoms with Crippen molar-refractivity contribution in [1.29, 1.82) is 0 Å². The fourth-order valence-corrected chi connectivity index (χ4v) is 3.94. The van der Waals surface area contributed by atoms with Gasteiger partial charge in [0.05, 0.1) is 0 Å². The van der Waals surface area contributed by atoms with E-state index in [4.69, 9.17) is 5.73 Å². The van der Waals surface area contributed by atoms with Gasteiger partial charge in [0.1, 0.15) is 0 Å². The monoisotopic (exact) mass is 362 g/mol. The Morgan fingerprint density at radius 1 is 1.59 bits per heavy atom. The zero-order chi connectivity index (χ0) is 12.3. The highest BCUT2D eigenvalue weighted by atomic mass is 127. The lowest BCUT2D eigenvalue weighted by molar-refractivity contribution is 0.211. The summed E-state index contributed by atoms with van der Waals surface area (Å²) in [7, 11) is 0. The molecule has 4 heteroatoms. The van der Waals surface area contributed by atoms with Gasteiger partial charge in [0.25, 0.3) is 0 Å². The summed E-state index contributed by atoms with van der Waals surface area (Å²) >= 11 is 4.43. The van der Waals surface area contributed by atoms with Crippen LogP contribution in [-0.4, -0.2) is 35.5 Å². The lowest BCUT2D eigenvalue weighted by atomic mass is 10.1. The molecule has 0 bridgehead atoms. The normalized spacial score (nSPS) is 23.6. The van der Waals surface area contributed by atoms with E-state index in [1.165, 1.54) is 14.9 Å². The summed E-state index contributed by atoms with van der Waals surface area (Å²) in [4.78, 5) is 2.53. The molecule has 0 spiro atoms. The van der Waals surface area contributed by atoms with Crippen molar-refractivity contribution in [2.45, 2.75) is 18.2 Å². The average molecular weight is 362 g/mol. The predicted molar refractivity (Wildman–Crippen MR) is 84.4 cm³/mol. The number of benzene rings is 1. The Labute approximate surface area is 121 Å². The van der Waals surface area contributed by atoms with Crippen LogP contribution < -0.4 is 5.73 Å². The molecule has 0 aromatic heterocycles. The van der Waals surface area contributed by atoms with Gasteiger partial charge in [0, 0.05) is 40.2 Å². The molecule has 0 saturated carbocycles. The van der Waals surface area contributed by atoms with Crippen molar-refractivity contribution in [3.05, 3.63) is 33.4 Å². The minimum atomic E-state index is 0.382. The van der Waals surface area contributed by atoms with E-state index in [0.717, 1.165) is 18.3 Å². The van der Waals surface area contributed by atoms with E-state index in [0.29, 0.717) is 12.6 Å². The molecule has 0 amide bonds. The van der Waals surface area contributed by atoms with Crippen LogP contribution in [-0.2, 0) is 0 Å². The Kier molecular flexibility index (Phi) is 5.14. The van der Waals surface area contributed by atoms with Gasteiger partial charge in [-0.15, -0.1) is 0 Å². The Morgan fingerprint density at radius 2 is 2.41 bits per heavy atom. The predicted octanol–water partition coefficient (Wildman–Crippen LogP) is 2.73. The molecule has 1 aromatic carbocycles. The summed E-state index contributed by atoms with van der Waals surface area (Å²) in [6, 6.07) is 9.10. The Morgan fingerprint density at radius 3 is 3.06 bits per heavy atom. The molecule has 94 valence electrons. The van der Waals surface area contributed by atoms with Crippen molar-refractivity contribution in [2.24, 2.45) is 5.73 Å². The molecule has 1 aromatic rings. The molecule has 2 nitrogen and oxygen atoms in total. The van der Waals surface area contributed by atoms with E-state index < -0.39 is 0 Å². The van der Waals surface area contributed by atoms with Crippen molar-refractivity contribution in [3.63, 3.8) is 0 Å². The first-order chi connectivity index (χ1) is 8.20. The first-order valence-electron chi connectivity index (χ1n) is 6.02. The van der Waals surface area contributed by atoms with E-state index >= 15 is 0 Å². The third-order valence-corrected chi connectivity index (χ3v) is 4.98. The highest BCUT2D eigenvalue weighted by Crippen LogP contribution is 2.27. The molecule has 2 N–H and O–H groups in total. The zero-order valence-electron chi connectivity index (χ0n) is 10.1. The van der Waals surface area contributed by atoms with Crippen molar-refractivity contribution in [2.75, 3.05) is 25.4 Å². The third-order valence-electron chi connectivity index (χ3n) is 3.17. The van der Waals surface area contributed by atoms with Gasteiger partial charge in [-0.05, 0) is 40.3 Å². The molecule has 2 rings (SSSR count). The van der Waals surface area contributed by atoms with Gasteiger partial charge in [-0.1, -0.05) is 19.1 Å². The van der Waals surface area contributed by atoms with Crippen LogP contribution in [0.5, 0.6) is 0 Å². The lowest BCUT2D eigenvalue weighted by Crippen LogP contribution is -2.42. The molecule has 0 aliphatic carbocycles. The Balaban J connectivity index is 2.15. The topological polar surface area (TPSA) is 29.3 Å². The minimum absolute atomic E-state index is 0.382. The van der Waals surface area contributed by atoms with Gasteiger partial charge in [-0.2, -0.15) is 11.8 Å². The van der Waals surface area contributed by atoms with Gasteiger partial charge in [-0.25, -0.2) is 0 Å². The highest BCUT2D eigenvalue weighted by molar-refractivity contribution is 14.1. The summed E-state index contributed by atoms with van der Waals surface area (Å²) < 4.78 is 1.29. The summed E-state index contributed by atoms with van der Waals surface area (Å²) in [6.07, 6.45) is 0. The number of nitrogens with two attached hydrogens (primary N) is 1. The standard InChI is InChI=1S/C13H19IN2S/c1-10-9-16(5-6-17-10)13(8-15)11-3-2-4-12(14)7-11/h2-4,7,10,13H,5-6,8-9,15H2,1H3. The zero-order valence-corrected chi connectivity index (χ0v) is 13.1. The van der Waals surface area contributed by atoms with E-state index in [1.807, 2.05) is 0 Å². The summed E-state index contributed by atoms with van der Waals surface area (Å²) in [6.45, 7) is 5.32. The maximum Gasteiger partial charge on any atom is 0.0471 e. The number of hydrogen-bond acceptors (Lipinski definition) is 3. The number of rotatable bonds is 3. The summed E-state index contributed by atoms with van der Waals surface area (Å²) in [5, 5.41) is 0.723. The molecule has 0 radical (unpaired) electrons. The molecular formula is C13H19IN2S. The van der Waals surface area contributed by atoms with Crippen LogP contribution in [0.1, 0.15) is 18.5 Å². The van der Waals surface area contributed by atoms with E-state index in [-0.39, 0.29) is 0 Å². The van der Waals surface area contributed by atoms with E-state index in [2.05, 4.69) is 70.4 Å². The second kappa shape index (κ2) is 6.41. The summed E-state index contributed by atoms with van der Waals surface area (Å²) in [5.41, 5.74) is 7.34. The number of halogens is 1. The molecule has 1 aliphatic heterocycles. The van der Waals surface area contributed by atoms with Gasteiger partial charge in [-0.3, -0.25) is 4.90 Å². The van der Waals surface area contributed by atoms with Gasteiger partial charge in [0.2, 0.25) is 0 Å². The maximum absolute atomic E-state index is 5.98. The van der Waals surface area contributed by atoms with Crippen molar-refractivity contribution < 1.29 is 0 Å². The number of nitrogens with zero attached hydrogens (tertiary/aromatic N) is 1. The van der Waals surface area contributed by atoms with Crippen LogP contribution in [0.25, 0.3) is 0 Å². The minimum Gasteiger partial charge on any atom is -0.329 e. The van der Waals surface area contributed by atoms with Crippen LogP contribution in [0.15, 0.2) is 24.3 Å². The molecule has 2 atom stereocenters. The Bertz CT molecular complexity index is 372. The highest BCUT2D eigenvalue weighted by Gasteiger charge is 2.24. The molecule has 1 fully saturated rings. The van der Waals surface area contributed by atoms with Gasteiger partial charge < -0.3 is 5.73 Å². The molecular weight excluding hydrogens is 343 g/mol. The van der Waals surface area contributed by atoms with E-state index in [9.17, 15) is 0 Å². The average Bonchev–Trinajstić information content (AvgIpc) is 2.30. The Hall–Kier alpha value is 0.220. The molecule has 1 aliphatic rings. The van der Waals surface area contributed by atoms with Crippen molar-refractivity contribution in [1.82, 2.24) is 4.90 Å². The van der Waals surface area contributed by atoms with Crippen LogP contribution in [0.3, 0.4) is 0 Å². The van der Waals surface area contributed by atoms with Crippen LogP contribution >= 0.6 is 34.4 Å². The van der Waals surface area contributed by atoms with Crippen LogP contribution in [0, 0.1) is 3.57 Å². The number of hydrogen-bond donors (Lipinski definition) is 1. The molecule has 1 heterocycles. The second-order valence-electron chi connectivity index (χ2n) is 4.48. The third kappa shape index (κ3) is 3.59. The first-order valence-corrected chi connectivity index (χ1v) is 8.14. The van der Waals surface area contributed by atoms with Crippen LogP contribution in [0.4, 0.5) is 0 Å². The number of thioether (sulfide) groups is 1. The van der Waals surface area contributed by atoms with E-state index in [1.54, 1.807) is 0 Å². The fraction of sp³-hybridized carbons (Fsp3) is 0.538. The molecule has 1 saturated heterocycles. The quantitative estimate of drug-likeness (QED) is 0.839. The summed E-state index contributed by atoms with van der Waals surface area (Å²) in [5.74, 6) is 1.22. The smallest absolute Gasteiger partial charge is 0.0471 e. The fourth-order valence-electron chi connectivity index (χ4n) is 2.34. The lowest BCUT2D eigenvalue weighted by Gasteiger charge is -2.36. The van der Waals surface area contributed by atoms with Crippen molar-refractivity contribution >= 4 is 34.4 Å². The second-order valence-corrected chi connectivity index (χ2v) is 7.27. The molecule has 2 unspecified atom stereocenters. The van der Waals surface area contributed by atoms with Gasteiger partial charge >= 0.3 is 0 Å². The molecule has 17 heavy (non-hydrogen) atoms. The van der Waals surface area contributed by atoms with Crippen LogP contribution in [0.2, 0.25) is 0 Å². The van der Waals surface area contributed by atoms with Crippen molar-refractivity contribution in [3.8, 4) is 0 Å². The van der Waals surface area contributed by atoms with Gasteiger partial charge in [0.15, 0.2) is 0 Å². The maximum atomic E-state index is 5.98. The largest absolute Gasteiger partial charge is 0.329 e. The SMILES string of the molecule is CC1CN(C(CN)c2cccc(I)c2)CCS1. The first kappa shape index (κ1) is 13.6.